The molecule has 0 spiro atoms. The lowest BCUT2D eigenvalue weighted by atomic mass is 9.84. The Kier molecular flexibility index (Phi) is 5.50. The van der Waals surface area contributed by atoms with Crippen molar-refractivity contribution in [3.05, 3.63) is 65.7 Å². The van der Waals surface area contributed by atoms with Crippen molar-refractivity contribution in [2.45, 2.75) is 33.1 Å². The molecule has 0 amide bonds. The van der Waals surface area contributed by atoms with Crippen LogP contribution in [-0.2, 0) is 10.2 Å². The van der Waals surface area contributed by atoms with Crippen LogP contribution in [-0.4, -0.2) is 17.0 Å². The molecule has 0 saturated heterocycles. The first-order valence-electron chi connectivity index (χ1n) is 8.12. The Morgan fingerprint density at radius 2 is 1.58 bits per heavy atom. The Labute approximate surface area is 152 Å². The smallest absolute Gasteiger partial charge is 0.343 e. The molecule has 0 aliphatic heterocycles. The van der Waals surface area contributed by atoms with E-state index >= 15 is 0 Å². The number of esters is 2. The van der Waals surface area contributed by atoms with E-state index in [2.05, 4.69) is 6.58 Å². The molecule has 0 radical (unpaired) electrons. The van der Waals surface area contributed by atoms with Crippen molar-refractivity contribution in [3.8, 4) is 17.2 Å². The van der Waals surface area contributed by atoms with Gasteiger partial charge in [0.2, 0.25) is 0 Å². The summed E-state index contributed by atoms with van der Waals surface area (Å²) in [6.45, 7) is 10.9. The molecule has 26 heavy (non-hydrogen) atoms. The maximum absolute atomic E-state index is 12.5. The molecular formula is C21H22O5. The monoisotopic (exact) mass is 354 g/mol. The number of benzene rings is 2. The highest BCUT2D eigenvalue weighted by molar-refractivity contribution is 5.92. The summed E-state index contributed by atoms with van der Waals surface area (Å²) in [4.78, 5) is 23.6. The number of aryl methyl sites for hydroxylation is 1. The number of phenolic OH excluding ortho intramolecular Hbond substituents is 1. The molecule has 0 aromatic heterocycles. The first kappa shape index (κ1) is 19.2. The van der Waals surface area contributed by atoms with Crippen LogP contribution in [0.1, 0.15) is 42.3 Å². The second-order valence-corrected chi connectivity index (χ2v) is 6.93. The van der Waals surface area contributed by atoms with Crippen LogP contribution in [0.2, 0.25) is 0 Å². The van der Waals surface area contributed by atoms with Crippen LogP contribution in [0.5, 0.6) is 17.2 Å². The molecule has 5 nitrogen and oxygen atoms in total. The third-order valence-corrected chi connectivity index (χ3v) is 3.76. The number of aromatic hydroxyl groups is 1. The van der Waals surface area contributed by atoms with Crippen LogP contribution in [0.15, 0.2) is 49.1 Å². The van der Waals surface area contributed by atoms with E-state index in [1.807, 2.05) is 20.8 Å². The van der Waals surface area contributed by atoms with Crippen molar-refractivity contribution < 1.29 is 24.2 Å². The van der Waals surface area contributed by atoms with Crippen molar-refractivity contribution in [1.29, 1.82) is 0 Å². The van der Waals surface area contributed by atoms with Gasteiger partial charge in [-0.3, -0.25) is 0 Å². The minimum Gasteiger partial charge on any atom is -0.507 e. The van der Waals surface area contributed by atoms with Gasteiger partial charge in [0.25, 0.3) is 0 Å². The predicted molar refractivity (Wildman–Crippen MR) is 98.8 cm³/mol. The SMILES string of the molecule is C=CC(=O)Oc1ccc(OC(=O)c2cc(C)c(O)c(C(C)(C)C)c2)cc1. The van der Waals surface area contributed by atoms with Crippen LogP contribution in [0, 0.1) is 6.92 Å². The Bertz CT molecular complexity index is 842. The predicted octanol–water partition coefficient (Wildman–Crippen LogP) is 4.31. The highest BCUT2D eigenvalue weighted by Crippen LogP contribution is 2.34. The molecule has 0 saturated carbocycles. The zero-order chi connectivity index (χ0) is 19.5. The number of hydrogen-bond donors (Lipinski definition) is 1. The summed E-state index contributed by atoms with van der Waals surface area (Å²) in [5.41, 5.74) is 1.32. The number of phenols is 1. The second-order valence-electron chi connectivity index (χ2n) is 6.93. The molecule has 5 heteroatoms. The van der Waals surface area contributed by atoms with Crippen LogP contribution in [0.3, 0.4) is 0 Å². The van der Waals surface area contributed by atoms with Gasteiger partial charge < -0.3 is 14.6 Å². The molecule has 0 unspecified atom stereocenters. The van der Waals surface area contributed by atoms with Gasteiger partial charge in [0, 0.05) is 11.6 Å². The van der Waals surface area contributed by atoms with Crippen LogP contribution in [0.4, 0.5) is 0 Å². The van der Waals surface area contributed by atoms with Gasteiger partial charge in [-0.1, -0.05) is 27.4 Å². The van der Waals surface area contributed by atoms with Gasteiger partial charge in [-0.25, -0.2) is 9.59 Å². The average molecular weight is 354 g/mol. The van der Waals surface area contributed by atoms with Gasteiger partial charge in [0.1, 0.15) is 17.2 Å². The minimum absolute atomic E-state index is 0.183. The van der Waals surface area contributed by atoms with Crippen LogP contribution < -0.4 is 9.47 Å². The fourth-order valence-corrected chi connectivity index (χ4v) is 2.37. The van der Waals surface area contributed by atoms with Gasteiger partial charge in [-0.05, 0) is 54.3 Å². The number of hydrogen-bond acceptors (Lipinski definition) is 5. The molecule has 2 aromatic rings. The quantitative estimate of drug-likeness (QED) is 0.503. The zero-order valence-corrected chi connectivity index (χ0v) is 15.3. The van der Waals surface area contributed by atoms with E-state index in [0.29, 0.717) is 28.2 Å². The highest BCUT2D eigenvalue weighted by Gasteiger charge is 2.22. The maximum Gasteiger partial charge on any atom is 0.343 e. The average Bonchev–Trinajstić information content (AvgIpc) is 2.57. The molecule has 2 rings (SSSR count). The van der Waals surface area contributed by atoms with Gasteiger partial charge in [-0.15, -0.1) is 0 Å². The van der Waals surface area contributed by atoms with Crippen molar-refractivity contribution in [2.24, 2.45) is 0 Å². The summed E-state index contributed by atoms with van der Waals surface area (Å²) in [6, 6.07) is 9.33. The van der Waals surface area contributed by atoms with Gasteiger partial charge in [0.05, 0.1) is 5.56 Å². The molecule has 136 valence electrons. The van der Waals surface area contributed by atoms with Gasteiger partial charge in [0.15, 0.2) is 0 Å². The van der Waals surface area contributed by atoms with Crippen molar-refractivity contribution in [1.82, 2.24) is 0 Å². The molecule has 0 aliphatic rings. The lowest BCUT2D eigenvalue weighted by Gasteiger charge is -2.22. The molecule has 2 aromatic carbocycles. The minimum atomic E-state index is -0.566. The summed E-state index contributed by atoms with van der Waals surface area (Å²) in [5, 5.41) is 10.3. The van der Waals surface area contributed by atoms with Crippen molar-refractivity contribution >= 4 is 11.9 Å². The van der Waals surface area contributed by atoms with Gasteiger partial charge >= 0.3 is 11.9 Å². The molecule has 0 fully saturated rings. The van der Waals surface area contributed by atoms with E-state index in [0.717, 1.165) is 6.08 Å². The maximum atomic E-state index is 12.5. The molecular weight excluding hydrogens is 332 g/mol. The highest BCUT2D eigenvalue weighted by atomic mass is 16.5. The van der Waals surface area contributed by atoms with E-state index in [1.54, 1.807) is 19.1 Å². The molecule has 1 N–H and O–H groups in total. The van der Waals surface area contributed by atoms with Gasteiger partial charge in [-0.2, -0.15) is 0 Å². The van der Waals surface area contributed by atoms with Crippen LogP contribution in [0.25, 0.3) is 0 Å². The third kappa shape index (κ3) is 4.51. The molecule has 0 heterocycles. The Hall–Kier alpha value is -3.08. The molecule has 0 bridgehead atoms. The van der Waals surface area contributed by atoms with E-state index in [-0.39, 0.29) is 11.2 Å². The zero-order valence-electron chi connectivity index (χ0n) is 15.3. The largest absolute Gasteiger partial charge is 0.507 e. The summed E-state index contributed by atoms with van der Waals surface area (Å²) in [5.74, 6) is -0.275. The lowest BCUT2D eigenvalue weighted by molar-refractivity contribution is -0.128. The topological polar surface area (TPSA) is 72.8 Å². The Balaban J connectivity index is 2.21. The Morgan fingerprint density at radius 1 is 1.04 bits per heavy atom. The number of carbonyl (C=O) groups excluding carboxylic acids is 2. The fraction of sp³-hybridized carbons (Fsp3) is 0.238. The van der Waals surface area contributed by atoms with Crippen molar-refractivity contribution in [2.75, 3.05) is 0 Å². The summed E-state index contributed by atoms with van der Waals surface area (Å²) >= 11 is 0. The second kappa shape index (κ2) is 7.44. The first-order chi connectivity index (χ1) is 12.1. The van der Waals surface area contributed by atoms with E-state index < -0.39 is 11.9 Å². The Morgan fingerprint density at radius 3 is 2.08 bits per heavy atom. The summed E-state index contributed by atoms with van der Waals surface area (Å²) in [7, 11) is 0. The first-order valence-corrected chi connectivity index (χ1v) is 8.12. The summed E-state index contributed by atoms with van der Waals surface area (Å²) < 4.78 is 10.3. The standard InChI is InChI=1S/C21H22O5/c1-6-18(22)25-15-7-9-16(10-8-15)26-20(24)14-11-13(2)19(23)17(12-14)21(3,4)5/h6-12,23H,1H2,2-5H3. The van der Waals surface area contributed by atoms with E-state index in [9.17, 15) is 14.7 Å². The molecule has 0 aliphatic carbocycles. The lowest BCUT2D eigenvalue weighted by Crippen LogP contribution is -2.15. The third-order valence-electron chi connectivity index (χ3n) is 3.76. The van der Waals surface area contributed by atoms with E-state index in [1.165, 1.54) is 24.3 Å². The number of ether oxygens (including phenoxy) is 2. The van der Waals surface area contributed by atoms with Crippen molar-refractivity contribution in [3.63, 3.8) is 0 Å². The summed E-state index contributed by atoms with van der Waals surface area (Å²) in [6.07, 6.45) is 1.06. The fourth-order valence-electron chi connectivity index (χ4n) is 2.37. The van der Waals surface area contributed by atoms with Crippen LogP contribution >= 0.6 is 0 Å². The normalized spacial score (nSPS) is 10.9. The number of rotatable bonds is 4. The van der Waals surface area contributed by atoms with E-state index in [4.69, 9.17) is 9.47 Å². The molecule has 0 atom stereocenters. The number of carbonyl (C=O) groups is 2.